The second-order valence-electron chi connectivity index (χ2n) is 5.14. The summed E-state index contributed by atoms with van der Waals surface area (Å²) in [5, 5.41) is 10.9. The normalized spacial score (nSPS) is 24.0. The van der Waals surface area contributed by atoms with Crippen LogP contribution in [0.1, 0.15) is 19.3 Å². The minimum absolute atomic E-state index is 0.125. The van der Waals surface area contributed by atoms with Gasteiger partial charge in [0.1, 0.15) is 0 Å². The molecule has 1 aromatic rings. The first kappa shape index (κ1) is 13.3. The van der Waals surface area contributed by atoms with Crippen molar-refractivity contribution in [1.29, 1.82) is 0 Å². The maximum Gasteiger partial charge on any atom is 0.271 e. The predicted molar refractivity (Wildman–Crippen MR) is 73.8 cm³/mol. The van der Waals surface area contributed by atoms with Gasteiger partial charge in [-0.05, 0) is 25.3 Å². The summed E-state index contributed by atoms with van der Waals surface area (Å²) in [6.07, 6.45) is 3.01. The van der Waals surface area contributed by atoms with Gasteiger partial charge in [0, 0.05) is 24.4 Å². The van der Waals surface area contributed by atoms with Crippen LogP contribution in [-0.2, 0) is 9.47 Å². The van der Waals surface area contributed by atoms with Crippen LogP contribution in [-0.4, -0.2) is 37.0 Å². The van der Waals surface area contributed by atoms with Crippen molar-refractivity contribution >= 4 is 11.4 Å². The van der Waals surface area contributed by atoms with Crippen LogP contribution in [0.15, 0.2) is 24.3 Å². The lowest BCUT2D eigenvalue weighted by molar-refractivity contribution is -0.384. The molecule has 2 aliphatic rings. The zero-order valence-corrected chi connectivity index (χ0v) is 11.2. The standard InChI is InChI=1S/C14H18N2O4/c17-16(18)12-5-3-4-11(10-12)15-7-2-1-6-13(15)14-19-8-9-20-14/h3-5,10,13-14H,1-2,6-9H2. The van der Waals surface area contributed by atoms with Crippen molar-refractivity contribution in [3.05, 3.63) is 34.4 Å². The molecule has 20 heavy (non-hydrogen) atoms. The minimum Gasteiger partial charge on any atom is -0.363 e. The SMILES string of the molecule is O=[N+]([O-])c1cccc(N2CCCCC2C2OCCO2)c1. The van der Waals surface area contributed by atoms with Crippen molar-refractivity contribution in [2.24, 2.45) is 0 Å². The number of nitrogens with zero attached hydrogens (tertiary/aromatic N) is 2. The van der Waals surface area contributed by atoms with Gasteiger partial charge < -0.3 is 14.4 Å². The molecular formula is C14H18N2O4. The summed E-state index contributed by atoms with van der Waals surface area (Å²) in [5.41, 5.74) is 1.00. The molecule has 3 rings (SSSR count). The van der Waals surface area contributed by atoms with E-state index >= 15 is 0 Å². The van der Waals surface area contributed by atoms with E-state index in [0.717, 1.165) is 31.5 Å². The number of non-ortho nitro benzene ring substituents is 1. The average Bonchev–Trinajstić information content (AvgIpc) is 3.01. The van der Waals surface area contributed by atoms with E-state index < -0.39 is 0 Å². The van der Waals surface area contributed by atoms with Gasteiger partial charge >= 0.3 is 0 Å². The van der Waals surface area contributed by atoms with Crippen LogP contribution < -0.4 is 4.90 Å². The van der Waals surface area contributed by atoms with E-state index in [9.17, 15) is 10.1 Å². The summed E-state index contributed by atoms with van der Waals surface area (Å²) in [6.45, 7) is 2.14. The van der Waals surface area contributed by atoms with Gasteiger partial charge in [0.2, 0.25) is 0 Å². The molecule has 0 aromatic heterocycles. The molecule has 1 unspecified atom stereocenters. The second-order valence-corrected chi connectivity index (χ2v) is 5.14. The molecule has 2 aliphatic heterocycles. The fourth-order valence-corrected chi connectivity index (χ4v) is 2.94. The monoisotopic (exact) mass is 278 g/mol. The molecule has 0 N–H and O–H groups in total. The maximum absolute atomic E-state index is 10.9. The Hall–Kier alpha value is -1.66. The number of nitro groups is 1. The van der Waals surface area contributed by atoms with Gasteiger partial charge in [-0.3, -0.25) is 10.1 Å². The Labute approximate surface area is 117 Å². The van der Waals surface area contributed by atoms with Crippen LogP contribution in [0.2, 0.25) is 0 Å². The van der Waals surface area contributed by atoms with Crippen LogP contribution in [0, 0.1) is 10.1 Å². The van der Waals surface area contributed by atoms with Crippen LogP contribution in [0.4, 0.5) is 11.4 Å². The van der Waals surface area contributed by atoms with Crippen molar-refractivity contribution in [3.63, 3.8) is 0 Å². The fourth-order valence-electron chi connectivity index (χ4n) is 2.94. The molecule has 108 valence electrons. The van der Waals surface area contributed by atoms with Gasteiger partial charge in [-0.1, -0.05) is 6.07 Å². The molecule has 6 heteroatoms. The molecule has 1 atom stereocenters. The number of anilines is 1. The first-order valence-corrected chi connectivity index (χ1v) is 7.00. The fraction of sp³-hybridized carbons (Fsp3) is 0.571. The summed E-state index contributed by atoms with van der Waals surface area (Å²) >= 11 is 0. The Bertz CT molecular complexity index is 488. The van der Waals surface area contributed by atoms with Crippen LogP contribution >= 0.6 is 0 Å². The molecule has 6 nitrogen and oxygen atoms in total. The quantitative estimate of drug-likeness (QED) is 0.627. The van der Waals surface area contributed by atoms with E-state index in [4.69, 9.17) is 9.47 Å². The van der Waals surface area contributed by atoms with Crippen molar-refractivity contribution < 1.29 is 14.4 Å². The maximum atomic E-state index is 10.9. The van der Waals surface area contributed by atoms with Gasteiger partial charge in [0.05, 0.1) is 24.2 Å². The highest BCUT2D eigenvalue weighted by molar-refractivity contribution is 5.54. The number of hydrogen-bond donors (Lipinski definition) is 0. The Kier molecular flexibility index (Phi) is 3.84. The largest absolute Gasteiger partial charge is 0.363 e. The van der Waals surface area contributed by atoms with Crippen molar-refractivity contribution in [2.75, 3.05) is 24.7 Å². The van der Waals surface area contributed by atoms with Crippen molar-refractivity contribution in [2.45, 2.75) is 31.6 Å². The van der Waals surface area contributed by atoms with E-state index in [-0.39, 0.29) is 22.9 Å². The van der Waals surface area contributed by atoms with Crippen molar-refractivity contribution in [1.82, 2.24) is 0 Å². The molecule has 0 aliphatic carbocycles. The molecule has 0 amide bonds. The smallest absolute Gasteiger partial charge is 0.271 e. The molecular weight excluding hydrogens is 260 g/mol. The van der Waals surface area contributed by atoms with Crippen LogP contribution in [0.5, 0.6) is 0 Å². The van der Waals surface area contributed by atoms with Gasteiger partial charge in [0.15, 0.2) is 6.29 Å². The van der Waals surface area contributed by atoms with Gasteiger partial charge in [0.25, 0.3) is 5.69 Å². The Balaban J connectivity index is 1.85. The highest BCUT2D eigenvalue weighted by Crippen LogP contribution is 2.31. The Morgan fingerprint density at radius 2 is 2.05 bits per heavy atom. The topological polar surface area (TPSA) is 64.8 Å². The highest BCUT2D eigenvalue weighted by Gasteiger charge is 2.34. The summed E-state index contributed by atoms with van der Waals surface area (Å²) < 4.78 is 11.2. The number of hydrogen-bond acceptors (Lipinski definition) is 5. The van der Waals surface area contributed by atoms with Crippen LogP contribution in [0.25, 0.3) is 0 Å². The molecule has 2 saturated heterocycles. The molecule has 0 spiro atoms. The Morgan fingerprint density at radius 3 is 2.80 bits per heavy atom. The number of ether oxygens (including phenoxy) is 2. The number of rotatable bonds is 3. The first-order chi connectivity index (χ1) is 9.75. The third kappa shape index (κ3) is 2.62. The minimum atomic E-state index is -0.356. The number of nitro benzene ring substituents is 1. The van der Waals surface area contributed by atoms with E-state index in [0.29, 0.717) is 13.2 Å². The summed E-state index contributed by atoms with van der Waals surface area (Å²) in [4.78, 5) is 12.7. The van der Waals surface area contributed by atoms with Crippen LogP contribution in [0.3, 0.4) is 0 Å². The van der Waals surface area contributed by atoms with Gasteiger partial charge in [-0.25, -0.2) is 0 Å². The number of benzene rings is 1. The first-order valence-electron chi connectivity index (χ1n) is 7.00. The lowest BCUT2D eigenvalue weighted by Crippen LogP contribution is -2.47. The van der Waals surface area contributed by atoms with Crippen molar-refractivity contribution in [3.8, 4) is 0 Å². The lowest BCUT2D eigenvalue weighted by Gasteiger charge is -2.39. The van der Waals surface area contributed by atoms with Gasteiger partial charge in [-0.2, -0.15) is 0 Å². The van der Waals surface area contributed by atoms with E-state index in [1.807, 2.05) is 6.07 Å². The third-order valence-corrected chi connectivity index (χ3v) is 3.88. The molecule has 0 radical (unpaired) electrons. The van der Waals surface area contributed by atoms with E-state index in [1.54, 1.807) is 12.1 Å². The number of piperidine rings is 1. The molecule has 0 bridgehead atoms. The molecule has 1 aromatic carbocycles. The zero-order chi connectivity index (χ0) is 13.9. The molecule has 0 saturated carbocycles. The predicted octanol–water partition coefficient (Wildman–Crippen LogP) is 2.33. The second kappa shape index (κ2) is 5.76. The lowest BCUT2D eigenvalue weighted by atomic mass is 10.0. The average molecular weight is 278 g/mol. The summed E-state index contributed by atoms with van der Waals surface area (Å²) in [6, 6.07) is 6.95. The van der Waals surface area contributed by atoms with E-state index in [2.05, 4.69) is 4.90 Å². The van der Waals surface area contributed by atoms with E-state index in [1.165, 1.54) is 6.07 Å². The summed E-state index contributed by atoms with van der Waals surface area (Å²) in [7, 11) is 0. The third-order valence-electron chi connectivity index (χ3n) is 3.88. The highest BCUT2D eigenvalue weighted by atomic mass is 16.7. The van der Waals surface area contributed by atoms with Gasteiger partial charge in [-0.15, -0.1) is 0 Å². The zero-order valence-electron chi connectivity index (χ0n) is 11.2. The Morgan fingerprint density at radius 1 is 1.25 bits per heavy atom. The summed E-state index contributed by atoms with van der Waals surface area (Å²) in [5.74, 6) is 0. The molecule has 2 fully saturated rings. The molecule has 2 heterocycles.